The van der Waals surface area contributed by atoms with Crippen molar-refractivity contribution in [2.45, 2.75) is 25.8 Å². The smallest absolute Gasteiger partial charge is 0.244 e. The molecule has 2 aliphatic rings. The van der Waals surface area contributed by atoms with Crippen molar-refractivity contribution in [3.05, 3.63) is 36.0 Å². The molecule has 0 spiro atoms. The SMILES string of the molecule is Cc1cccc(N2CCN(c3cnnc(NC4CC4)n3)CC2)c1. The van der Waals surface area contributed by atoms with Gasteiger partial charge in [0.15, 0.2) is 5.82 Å². The van der Waals surface area contributed by atoms with E-state index in [1.54, 1.807) is 6.20 Å². The molecule has 1 aliphatic heterocycles. The van der Waals surface area contributed by atoms with Crippen LogP contribution in [0.25, 0.3) is 0 Å². The minimum absolute atomic E-state index is 0.546. The van der Waals surface area contributed by atoms with Gasteiger partial charge >= 0.3 is 0 Å². The third-order valence-electron chi connectivity index (χ3n) is 4.43. The number of nitrogens with one attached hydrogen (secondary N) is 1. The molecule has 6 nitrogen and oxygen atoms in total. The molecule has 0 radical (unpaired) electrons. The summed E-state index contributed by atoms with van der Waals surface area (Å²) in [5, 5.41) is 11.5. The first-order valence-corrected chi connectivity index (χ1v) is 8.31. The number of aromatic nitrogens is 3. The molecule has 0 unspecified atom stereocenters. The van der Waals surface area contributed by atoms with E-state index in [9.17, 15) is 0 Å². The van der Waals surface area contributed by atoms with Gasteiger partial charge in [0, 0.05) is 37.9 Å². The van der Waals surface area contributed by atoms with Gasteiger partial charge in [0.25, 0.3) is 0 Å². The lowest BCUT2D eigenvalue weighted by molar-refractivity contribution is 0.644. The number of aryl methyl sites for hydroxylation is 1. The van der Waals surface area contributed by atoms with E-state index in [0.717, 1.165) is 32.0 Å². The fourth-order valence-corrected chi connectivity index (χ4v) is 2.94. The summed E-state index contributed by atoms with van der Waals surface area (Å²) in [5.74, 6) is 1.58. The second kappa shape index (κ2) is 6.02. The van der Waals surface area contributed by atoms with Crippen LogP contribution in [-0.4, -0.2) is 47.4 Å². The van der Waals surface area contributed by atoms with Crippen LogP contribution in [0, 0.1) is 6.92 Å². The third kappa shape index (κ3) is 3.36. The zero-order valence-corrected chi connectivity index (χ0v) is 13.4. The van der Waals surface area contributed by atoms with Crippen LogP contribution >= 0.6 is 0 Å². The van der Waals surface area contributed by atoms with Crippen molar-refractivity contribution in [2.24, 2.45) is 0 Å². The van der Waals surface area contributed by atoms with Crippen LogP contribution < -0.4 is 15.1 Å². The highest BCUT2D eigenvalue weighted by molar-refractivity contribution is 5.51. The summed E-state index contributed by atoms with van der Waals surface area (Å²) < 4.78 is 0. The van der Waals surface area contributed by atoms with Gasteiger partial charge in [0.05, 0.1) is 6.20 Å². The highest BCUT2D eigenvalue weighted by atomic mass is 15.3. The van der Waals surface area contributed by atoms with Crippen molar-refractivity contribution in [1.29, 1.82) is 0 Å². The highest BCUT2D eigenvalue weighted by Gasteiger charge is 2.23. The molecule has 1 aromatic carbocycles. The van der Waals surface area contributed by atoms with Gasteiger partial charge in [-0.25, -0.2) is 0 Å². The normalized spacial score (nSPS) is 18.1. The Labute approximate surface area is 136 Å². The van der Waals surface area contributed by atoms with Gasteiger partial charge in [0.1, 0.15) is 0 Å². The molecule has 1 aromatic heterocycles. The summed E-state index contributed by atoms with van der Waals surface area (Å²) in [6, 6.07) is 9.25. The maximum absolute atomic E-state index is 4.61. The van der Waals surface area contributed by atoms with Crippen molar-refractivity contribution in [1.82, 2.24) is 15.2 Å². The Morgan fingerprint density at radius 1 is 1.09 bits per heavy atom. The predicted octanol–water partition coefficient (Wildman–Crippen LogP) is 2.08. The van der Waals surface area contributed by atoms with Gasteiger partial charge in [-0.15, -0.1) is 5.10 Å². The van der Waals surface area contributed by atoms with Gasteiger partial charge in [0.2, 0.25) is 5.95 Å². The molecule has 2 heterocycles. The molecule has 120 valence electrons. The Balaban J connectivity index is 1.41. The molecular weight excluding hydrogens is 288 g/mol. The van der Waals surface area contributed by atoms with E-state index in [0.29, 0.717) is 12.0 Å². The first-order valence-electron chi connectivity index (χ1n) is 8.31. The van der Waals surface area contributed by atoms with Crippen LogP contribution in [0.4, 0.5) is 17.5 Å². The van der Waals surface area contributed by atoms with Crippen molar-refractivity contribution >= 4 is 17.5 Å². The Morgan fingerprint density at radius 2 is 1.87 bits per heavy atom. The maximum atomic E-state index is 4.61. The van der Waals surface area contributed by atoms with Crippen LogP contribution in [0.2, 0.25) is 0 Å². The first kappa shape index (κ1) is 14.2. The highest BCUT2D eigenvalue weighted by Crippen LogP contribution is 2.24. The van der Waals surface area contributed by atoms with E-state index in [-0.39, 0.29) is 0 Å². The summed E-state index contributed by atoms with van der Waals surface area (Å²) in [4.78, 5) is 9.33. The zero-order chi connectivity index (χ0) is 15.6. The van der Waals surface area contributed by atoms with E-state index in [2.05, 4.69) is 61.5 Å². The molecular formula is C17H22N6. The maximum Gasteiger partial charge on any atom is 0.244 e. The zero-order valence-electron chi connectivity index (χ0n) is 13.4. The average molecular weight is 310 g/mol. The Kier molecular flexibility index (Phi) is 3.73. The van der Waals surface area contributed by atoms with Gasteiger partial charge in [-0.05, 0) is 37.5 Å². The lowest BCUT2D eigenvalue weighted by atomic mass is 10.2. The molecule has 23 heavy (non-hydrogen) atoms. The van der Waals surface area contributed by atoms with Crippen LogP contribution in [0.15, 0.2) is 30.5 Å². The van der Waals surface area contributed by atoms with E-state index in [4.69, 9.17) is 0 Å². The molecule has 6 heteroatoms. The molecule has 4 rings (SSSR count). The topological polar surface area (TPSA) is 57.2 Å². The molecule has 0 amide bonds. The van der Waals surface area contributed by atoms with Crippen molar-refractivity contribution in [2.75, 3.05) is 41.3 Å². The minimum Gasteiger partial charge on any atom is -0.368 e. The molecule has 1 saturated heterocycles. The number of benzene rings is 1. The minimum atomic E-state index is 0.546. The number of nitrogens with zero attached hydrogens (tertiary/aromatic N) is 5. The van der Waals surface area contributed by atoms with Crippen molar-refractivity contribution in [3.8, 4) is 0 Å². The fraction of sp³-hybridized carbons (Fsp3) is 0.471. The number of hydrogen-bond acceptors (Lipinski definition) is 6. The van der Waals surface area contributed by atoms with E-state index in [1.165, 1.54) is 24.1 Å². The van der Waals surface area contributed by atoms with Crippen LogP contribution in [0.1, 0.15) is 18.4 Å². The van der Waals surface area contributed by atoms with E-state index in [1.807, 2.05) is 0 Å². The number of piperazine rings is 1. The Morgan fingerprint density at radius 3 is 2.61 bits per heavy atom. The predicted molar refractivity (Wildman–Crippen MR) is 92.1 cm³/mol. The van der Waals surface area contributed by atoms with E-state index >= 15 is 0 Å². The Bertz CT molecular complexity index is 676. The molecule has 1 saturated carbocycles. The largest absolute Gasteiger partial charge is 0.368 e. The number of rotatable bonds is 4. The van der Waals surface area contributed by atoms with Gasteiger partial charge in [-0.1, -0.05) is 12.1 Å². The molecule has 2 fully saturated rings. The number of hydrogen-bond donors (Lipinski definition) is 1. The standard InChI is InChI=1S/C17H22N6/c1-13-3-2-4-15(11-13)22-7-9-23(10-8-22)16-12-18-21-17(20-16)19-14-5-6-14/h2-4,11-12,14H,5-10H2,1H3,(H,19,20,21). The van der Waals surface area contributed by atoms with Gasteiger partial charge < -0.3 is 15.1 Å². The molecule has 0 bridgehead atoms. The van der Waals surface area contributed by atoms with E-state index < -0.39 is 0 Å². The van der Waals surface area contributed by atoms with Crippen molar-refractivity contribution < 1.29 is 0 Å². The first-order chi connectivity index (χ1) is 11.3. The monoisotopic (exact) mass is 310 g/mol. The third-order valence-corrected chi connectivity index (χ3v) is 4.43. The quantitative estimate of drug-likeness (QED) is 0.933. The number of anilines is 3. The summed E-state index contributed by atoms with van der Waals surface area (Å²) in [7, 11) is 0. The lowest BCUT2D eigenvalue weighted by Gasteiger charge is -2.36. The fourth-order valence-electron chi connectivity index (χ4n) is 2.94. The summed E-state index contributed by atoms with van der Waals surface area (Å²) in [6.07, 6.45) is 4.19. The lowest BCUT2D eigenvalue weighted by Crippen LogP contribution is -2.47. The second-order valence-electron chi connectivity index (χ2n) is 6.37. The summed E-state index contributed by atoms with van der Waals surface area (Å²) in [5.41, 5.74) is 2.61. The average Bonchev–Trinajstić information content (AvgIpc) is 3.39. The van der Waals surface area contributed by atoms with Crippen LogP contribution in [-0.2, 0) is 0 Å². The van der Waals surface area contributed by atoms with Gasteiger partial charge in [-0.3, -0.25) is 0 Å². The Hall–Kier alpha value is -2.37. The van der Waals surface area contributed by atoms with Crippen LogP contribution in [0.5, 0.6) is 0 Å². The molecule has 1 aliphatic carbocycles. The molecule has 1 N–H and O–H groups in total. The second-order valence-corrected chi connectivity index (χ2v) is 6.37. The molecule has 0 atom stereocenters. The summed E-state index contributed by atoms with van der Waals surface area (Å²) in [6.45, 7) is 6.05. The van der Waals surface area contributed by atoms with Crippen molar-refractivity contribution in [3.63, 3.8) is 0 Å². The van der Waals surface area contributed by atoms with Crippen LogP contribution in [0.3, 0.4) is 0 Å². The molecule has 2 aromatic rings. The van der Waals surface area contributed by atoms with Gasteiger partial charge in [-0.2, -0.15) is 10.1 Å². The summed E-state index contributed by atoms with van der Waals surface area (Å²) >= 11 is 0.